The lowest BCUT2D eigenvalue weighted by Crippen LogP contribution is -1.98. The second-order valence-electron chi connectivity index (χ2n) is 3.03. The Morgan fingerprint density at radius 1 is 1.21 bits per heavy atom. The summed E-state index contributed by atoms with van der Waals surface area (Å²) in [5, 5.41) is 19.0. The Morgan fingerprint density at radius 3 is 2.64 bits per heavy atom. The van der Waals surface area contributed by atoms with Crippen LogP contribution in [0, 0.1) is 6.92 Å². The minimum absolute atomic E-state index is 0.269. The summed E-state index contributed by atoms with van der Waals surface area (Å²) < 4.78 is 4.79. The summed E-state index contributed by atoms with van der Waals surface area (Å²) in [6.45, 7) is 1.75. The third-order valence-corrected chi connectivity index (χ3v) is 2.09. The summed E-state index contributed by atoms with van der Waals surface area (Å²) in [5.41, 5.74) is 0.0740. The van der Waals surface area contributed by atoms with Crippen LogP contribution in [0.15, 0.2) is 27.4 Å². The van der Waals surface area contributed by atoms with Crippen LogP contribution >= 0.6 is 0 Å². The van der Waals surface area contributed by atoms with Gasteiger partial charge < -0.3 is 14.6 Å². The molecule has 2 aromatic rings. The number of fused-ring (bicyclic) bond motifs is 1. The van der Waals surface area contributed by atoms with Crippen LogP contribution in [0.4, 0.5) is 0 Å². The molecule has 2 N–H and O–H groups in total. The molecule has 72 valence electrons. The van der Waals surface area contributed by atoms with Gasteiger partial charge in [0.1, 0.15) is 5.58 Å². The first-order valence-electron chi connectivity index (χ1n) is 4.05. The van der Waals surface area contributed by atoms with Crippen molar-refractivity contribution in [2.45, 2.75) is 6.92 Å². The second kappa shape index (κ2) is 2.77. The van der Waals surface area contributed by atoms with Crippen molar-refractivity contribution in [2.75, 3.05) is 0 Å². The quantitative estimate of drug-likeness (QED) is 0.620. The molecule has 4 heteroatoms. The molecule has 0 amide bonds. The largest absolute Gasteiger partial charge is 0.504 e. The third-order valence-electron chi connectivity index (χ3n) is 2.09. The lowest BCUT2D eigenvalue weighted by molar-refractivity contribution is 0.378. The zero-order valence-corrected chi connectivity index (χ0v) is 7.44. The highest BCUT2D eigenvalue weighted by atomic mass is 16.4. The maximum atomic E-state index is 11.0. The van der Waals surface area contributed by atoms with E-state index in [1.54, 1.807) is 25.1 Å². The van der Waals surface area contributed by atoms with E-state index in [-0.39, 0.29) is 5.58 Å². The Bertz CT molecular complexity index is 554. The van der Waals surface area contributed by atoms with Gasteiger partial charge in [-0.25, -0.2) is 4.79 Å². The first-order chi connectivity index (χ1) is 6.61. The summed E-state index contributed by atoms with van der Waals surface area (Å²) in [4.78, 5) is 11.0. The maximum absolute atomic E-state index is 11.0. The number of aromatic hydroxyl groups is 2. The monoisotopic (exact) mass is 192 g/mol. The maximum Gasteiger partial charge on any atom is 0.382 e. The topological polar surface area (TPSA) is 70.7 Å². The van der Waals surface area contributed by atoms with E-state index in [0.717, 1.165) is 5.56 Å². The Kier molecular flexibility index (Phi) is 1.70. The number of rotatable bonds is 0. The lowest BCUT2D eigenvalue weighted by Gasteiger charge is -2.03. The molecule has 0 aliphatic heterocycles. The van der Waals surface area contributed by atoms with E-state index in [1.807, 2.05) is 0 Å². The van der Waals surface area contributed by atoms with Crippen molar-refractivity contribution in [3.05, 3.63) is 34.2 Å². The Balaban J connectivity index is 3.07. The molecule has 0 saturated heterocycles. The second-order valence-corrected chi connectivity index (χ2v) is 3.03. The zero-order chi connectivity index (χ0) is 10.3. The molecule has 2 rings (SSSR count). The normalized spacial score (nSPS) is 10.6. The summed E-state index contributed by atoms with van der Waals surface area (Å²) in [7, 11) is 0. The fourth-order valence-corrected chi connectivity index (χ4v) is 1.39. The molecule has 0 unspecified atom stereocenters. The van der Waals surface area contributed by atoms with Crippen molar-refractivity contribution < 1.29 is 14.6 Å². The predicted octanol–water partition coefficient (Wildman–Crippen LogP) is 1.51. The molecular formula is C10H8O4. The SMILES string of the molecule is Cc1cccc2oc(=O)c(O)c(O)c12. The average molecular weight is 192 g/mol. The fourth-order valence-electron chi connectivity index (χ4n) is 1.39. The molecule has 0 bridgehead atoms. The molecular weight excluding hydrogens is 184 g/mol. The molecule has 0 radical (unpaired) electrons. The van der Waals surface area contributed by atoms with Gasteiger partial charge in [-0.1, -0.05) is 12.1 Å². The molecule has 0 spiro atoms. The summed E-state index contributed by atoms with van der Waals surface area (Å²) in [6, 6.07) is 5.02. The molecule has 0 aliphatic carbocycles. The molecule has 1 heterocycles. The zero-order valence-electron chi connectivity index (χ0n) is 7.44. The van der Waals surface area contributed by atoms with Crippen molar-refractivity contribution in [3.8, 4) is 11.5 Å². The van der Waals surface area contributed by atoms with E-state index >= 15 is 0 Å². The minimum atomic E-state index is -0.930. The van der Waals surface area contributed by atoms with Gasteiger partial charge in [0, 0.05) is 0 Å². The first kappa shape index (κ1) is 8.62. The van der Waals surface area contributed by atoms with Crippen LogP contribution in [0.1, 0.15) is 5.56 Å². The highest BCUT2D eigenvalue weighted by molar-refractivity contribution is 5.88. The summed E-state index contributed by atoms with van der Waals surface area (Å²) in [6.07, 6.45) is 0. The van der Waals surface area contributed by atoms with Gasteiger partial charge in [0.15, 0.2) is 5.75 Å². The van der Waals surface area contributed by atoms with Crippen molar-refractivity contribution in [2.24, 2.45) is 0 Å². The number of hydrogen-bond donors (Lipinski definition) is 2. The van der Waals surface area contributed by atoms with E-state index < -0.39 is 17.1 Å². The molecule has 4 nitrogen and oxygen atoms in total. The molecule has 0 atom stereocenters. The predicted molar refractivity (Wildman–Crippen MR) is 50.6 cm³/mol. The third kappa shape index (κ3) is 1.04. The van der Waals surface area contributed by atoms with Crippen LogP contribution in [0.2, 0.25) is 0 Å². The van der Waals surface area contributed by atoms with Crippen LogP contribution in [0.5, 0.6) is 11.5 Å². The minimum Gasteiger partial charge on any atom is -0.504 e. The van der Waals surface area contributed by atoms with Gasteiger partial charge in [0.25, 0.3) is 0 Å². The molecule has 1 aromatic heterocycles. The van der Waals surface area contributed by atoms with Gasteiger partial charge in [0.05, 0.1) is 5.39 Å². The fraction of sp³-hybridized carbons (Fsp3) is 0.100. The van der Waals surface area contributed by atoms with Gasteiger partial charge in [-0.15, -0.1) is 0 Å². The Hall–Kier alpha value is -1.97. The van der Waals surface area contributed by atoms with Crippen LogP contribution in [0.25, 0.3) is 11.0 Å². The molecule has 14 heavy (non-hydrogen) atoms. The average Bonchev–Trinajstić information content (AvgIpc) is 2.14. The summed E-state index contributed by atoms with van der Waals surface area (Å²) >= 11 is 0. The van der Waals surface area contributed by atoms with E-state index in [4.69, 9.17) is 4.42 Å². The standard InChI is InChI=1S/C10H8O4/c1-5-3-2-4-6-7(5)8(11)9(12)10(13)14-6/h2-4,11-12H,1H3. The molecule has 0 fully saturated rings. The van der Waals surface area contributed by atoms with E-state index in [0.29, 0.717) is 5.39 Å². The molecule has 0 saturated carbocycles. The van der Waals surface area contributed by atoms with E-state index in [9.17, 15) is 15.0 Å². The van der Waals surface area contributed by atoms with Crippen LogP contribution in [-0.2, 0) is 0 Å². The Labute approximate surface area is 79.0 Å². The van der Waals surface area contributed by atoms with Crippen LogP contribution < -0.4 is 5.63 Å². The van der Waals surface area contributed by atoms with Crippen molar-refractivity contribution in [1.82, 2.24) is 0 Å². The summed E-state index contributed by atoms with van der Waals surface area (Å²) in [5.74, 6) is -1.17. The van der Waals surface area contributed by atoms with Crippen LogP contribution in [-0.4, -0.2) is 10.2 Å². The number of hydrogen-bond acceptors (Lipinski definition) is 4. The van der Waals surface area contributed by atoms with E-state index in [1.165, 1.54) is 0 Å². The highest BCUT2D eigenvalue weighted by Gasteiger charge is 2.13. The first-order valence-corrected chi connectivity index (χ1v) is 4.05. The van der Waals surface area contributed by atoms with Crippen LogP contribution in [0.3, 0.4) is 0 Å². The highest BCUT2D eigenvalue weighted by Crippen LogP contribution is 2.32. The number of aryl methyl sites for hydroxylation is 1. The van der Waals surface area contributed by atoms with Crippen molar-refractivity contribution in [1.29, 1.82) is 0 Å². The van der Waals surface area contributed by atoms with Crippen molar-refractivity contribution in [3.63, 3.8) is 0 Å². The van der Waals surface area contributed by atoms with Gasteiger partial charge in [-0.2, -0.15) is 0 Å². The van der Waals surface area contributed by atoms with Crippen molar-refractivity contribution >= 4 is 11.0 Å². The van der Waals surface area contributed by atoms with Gasteiger partial charge in [0.2, 0.25) is 5.75 Å². The Morgan fingerprint density at radius 2 is 1.93 bits per heavy atom. The van der Waals surface area contributed by atoms with Gasteiger partial charge in [-0.05, 0) is 18.6 Å². The van der Waals surface area contributed by atoms with Gasteiger partial charge in [-0.3, -0.25) is 0 Å². The lowest BCUT2D eigenvalue weighted by atomic mass is 10.1. The molecule has 0 aliphatic rings. The van der Waals surface area contributed by atoms with Gasteiger partial charge >= 0.3 is 5.63 Å². The number of benzene rings is 1. The smallest absolute Gasteiger partial charge is 0.382 e. The van der Waals surface area contributed by atoms with E-state index in [2.05, 4.69) is 0 Å². The molecule has 1 aromatic carbocycles.